The van der Waals surface area contributed by atoms with Crippen molar-refractivity contribution >= 4 is 11.9 Å². The van der Waals surface area contributed by atoms with Gasteiger partial charge in [-0.15, -0.1) is 0 Å². The quantitative estimate of drug-likeness (QED) is 0.524. The first kappa shape index (κ1) is 27.6. The molecule has 208 valence electrons. The number of halogens is 6. The van der Waals surface area contributed by atoms with Crippen LogP contribution in [0.2, 0.25) is 0 Å². The Morgan fingerprint density at radius 3 is 2.26 bits per heavy atom. The van der Waals surface area contributed by atoms with Crippen molar-refractivity contribution in [2.75, 3.05) is 31.1 Å². The van der Waals surface area contributed by atoms with Gasteiger partial charge in [0.25, 0.3) is 11.5 Å². The molecule has 16 heteroatoms. The molecule has 1 N–H and O–H groups in total. The highest BCUT2D eigenvalue weighted by Crippen LogP contribution is 2.33. The molecule has 2 aliphatic rings. The molecule has 10 nitrogen and oxygen atoms in total. The van der Waals surface area contributed by atoms with Gasteiger partial charge in [0, 0.05) is 44.5 Å². The summed E-state index contributed by atoms with van der Waals surface area (Å²) in [4.78, 5) is 35.5. The van der Waals surface area contributed by atoms with Gasteiger partial charge in [-0.05, 0) is 19.8 Å². The van der Waals surface area contributed by atoms with E-state index in [0.29, 0.717) is 38.9 Å². The predicted molar refractivity (Wildman–Crippen MR) is 118 cm³/mol. The van der Waals surface area contributed by atoms with Crippen LogP contribution in [-0.4, -0.2) is 75.5 Å². The second-order valence-corrected chi connectivity index (χ2v) is 8.99. The van der Waals surface area contributed by atoms with Gasteiger partial charge in [-0.25, -0.2) is 15.1 Å². The lowest BCUT2D eigenvalue weighted by molar-refractivity contribution is -0.142. The summed E-state index contributed by atoms with van der Waals surface area (Å²) in [7, 11) is 0. The Bertz CT molecular complexity index is 1180. The molecular weight excluding hydrogens is 526 g/mol. The third-order valence-electron chi connectivity index (χ3n) is 6.31. The van der Waals surface area contributed by atoms with Crippen LogP contribution in [0, 0.1) is 0 Å². The number of ether oxygens (including phenoxy) is 2. The molecular formula is C22H24F6N6O4. The zero-order valence-corrected chi connectivity index (χ0v) is 20.1. The Labute approximate surface area is 211 Å². The van der Waals surface area contributed by atoms with E-state index in [9.17, 15) is 35.9 Å². The van der Waals surface area contributed by atoms with Crippen molar-refractivity contribution in [2.24, 2.45) is 0 Å². The lowest BCUT2D eigenvalue weighted by atomic mass is 10.0. The maximum Gasteiger partial charge on any atom is 0.425 e. The van der Waals surface area contributed by atoms with Crippen LogP contribution in [0.5, 0.6) is 5.75 Å². The first-order chi connectivity index (χ1) is 17.8. The Morgan fingerprint density at radius 2 is 1.66 bits per heavy atom. The number of likely N-dealkylation sites (tertiary alicyclic amines) is 1. The van der Waals surface area contributed by atoms with Gasteiger partial charge >= 0.3 is 12.4 Å². The van der Waals surface area contributed by atoms with Crippen LogP contribution >= 0.6 is 0 Å². The van der Waals surface area contributed by atoms with E-state index in [1.807, 2.05) is 0 Å². The Balaban J connectivity index is 1.27. The SMILES string of the molecule is C[C@@H](CO[C@H]1CCN(C2CCN(c3ncc(C(F)(F)F)cn3)CC2)C1=O)Oc1cn[nH]c(=O)c1C(F)(F)F. The number of hydrogen-bond acceptors (Lipinski definition) is 8. The second kappa shape index (κ2) is 10.7. The molecule has 0 aromatic carbocycles. The number of piperidine rings is 1. The van der Waals surface area contributed by atoms with Crippen molar-refractivity contribution in [3.63, 3.8) is 0 Å². The maximum absolute atomic E-state index is 13.2. The molecule has 2 aromatic heterocycles. The van der Waals surface area contributed by atoms with Crippen LogP contribution in [0.25, 0.3) is 0 Å². The molecule has 2 atom stereocenters. The van der Waals surface area contributed by atoms with E-state index in [-0.39, 0.29) is 24.5 Å². The van der Waals surface area contributed by atoms with E-state index in [0.717, 1.165) is 18.6 Å². The minimum atomic E-state index is -4.94. The summed E-state index contributed by atoms with van der Waals surface area (Å²) < 4.78 is 88.6. The van der Waals surface area contributed by atoms with Crippen LogP contribution in [-0.2, 0) is 21.9 Å². The molecule has 2 aliphatic heterocycles. The number of hydrogen-bond donors (Lipinski definition) is 1. The van der Waals surface area contributed by atoms with Gasteiger partial charge in [-0.3, -0.25) is 9.59 Å². The minimum absolute atomic E-state index is 0.105. The van der Waals surface area contributed by atoms with Crippen molar-refractivity contribution in [3.05, 3.63) is 40.1 Å². The molecule has 1 amide bonds. The molecule has 2 fully saturated rings. The van der Waals surface area contributed by atoms with Gasteiger partial charge < -0.3 is 19.3 Å². The number of rotatable bonds is 7. The van der Waals surface area contributed by atoms with Crippen molar-refractivity contribution < 1.29 is 40.6 Å². The van der Waals surface area contributed by atoms with Crippen LogP contribution < -0.4 is 15.2 Å². The number of aromatic amines is 1. The van der Waals surface area contributed by atoms with Crippen molar-refractivity contribution in [3.8, 4) is 5.75 Å². The average Bonchev–Trinajstić information content (AvgIpc) is 3.21. The van der Waals surface area contributed by atoms with Crippen LogP contribution in [0.3, 0.4) is 0 Å². The monoisotopic (exact) mass is 550 g/mol. The third-order valence-corrected chi connectivity index (χ3v) is 6.31. The van der Waals surface area contributed by atoms with E-state index in [1.54, 1.807) is 14.9 Å². The standard InChI is InChI=1S/C22H24F6N6O4/c1-12(38-16-10-31-32-18(35)17(16)22(26,27)28)11-37-15-4-7-34(19(15)36)14-2-5-33(6-3-14)20-29-8-13(9-30-20)21(23,24)25/h8-10,12,14-15H,2-7,11H2,1H3,(H,32,35)/t12-,15-/m0/s1. The Morgan fingerprint density at radius 1 is 1.00 bits per heavy atom. The molecule has 0 saturated carbocycles. The number of nitrogens with zero attached hydrogens (tertiary/aromatic N) is 5. The fourth-order valence-corrected chi connectivity index (χ4v) is 4.44. The first-order valence-electron chi connectivity index (χ1n) is 11.7. The summed E-state index contributed by atoms with van der Waals surface area (Å²) in [6.45, 7) is 2.57. The first-order valence-corrected chi connectivity index (χ1v) is 11.7. The van der Waals surface area contributed by atoms with E-state index in [2.05, 4.69) is 15.1 Å². The summed E-state index contributed by atoms with van der Waals surface area (Å²) in [5.41, 5.74) is -3.87. The number of anilines is 1. The number of aromatic nitrogens is 4. The number of amides is 1. The van der Waals surface area contributed by atoms with Crippen LogP contribution in [0.4, 0.5) is 32.3 Å². The number of H-pyrrole nitrogens is 1. The fourth-order valence-electron chi connectivity index (χ4n) is 4.44. The molecule has 0 bridgehead atoms. The lowest BCUT2D eigenvalue weighted by Gasteiger charge is -2.36. The maximum atomic E-state index is 13.2. The van der Waals surface area contributed by atoms with Gasteiger partial charge in [0.05, 0.1) is 18.4 Å². The molecule has 0 spiro atoms. The predicted octanol–water partition coefficient (Wildman–Crippen LogP) is 2.65. The molecule has 2 aromatic rings. The highest BCUT2D eigenvalue weighted by Gasteiger charge is 2.40. The Kier molecular flexibility index (Phi) is 7.80. The molecule has 0 aliphatic carbocycles. The second-order valence-electron chi connectivity index (χ2n) is 8.99. The number of carbonyl (C=O) groups is 1. The zero-order valence-electron chi connectivity index (χ0n) is 20.1. The van der Waals surface area contributed by atoms with Crippen molar-refractivity contribution in [2.45, 2.75) is 56.8 Å². The van der Waals surface area contributed by atoms with Gasteiger partial charge in [0.1, 0.15) is 12.2 Å². The number of alkyl halides is 6. The summed E-state index contributed by atoms with van der Waals surface area (Å²) in [6, 6.07) is -0.105. The topological polar surface area (TPSA) is 114 Å². The van der Waals surface area contributed by atoms with Crippen LogP contribution in [0.1, 0.15) is 37.3 Å². The summed E-state index contributed by atoms with van der Waals surface area (Å²) in [6.07, 6.45) is -7.44. The Hall–Kier alpha value is -3.43. The summed E-state index contributed by atoms with van der Waals surface area (Å²) >= 11 is 0. The third kappa shape index (κ3) is 6.16. The zero-order chi connectivity index (χ0) is 27.7. The average molecular weight is 550 g/mol. The van der Waals surface area contributed by atoms with Gasteiger partial charge in [-0.2, -0.15) is 31.4 Å². The highest BCUT2D eigenvalue weighted by molar-refractivity contribution is 5.83. The fraction of sp³-hybridized carbons (Fsp3) is 0.591. The van der Waals surface area contributed by atoms with E-state index in [4.69, 9.17) is 9.47 Å². The highest BCUT2D eigenvalue weighted by atomic mass is 19.4. The van der Waals surface area contributed by atoms with E-state index >= 15 is 0 Å². The van der Waals surface area contributed by atoms with E-state index in [1.165, 1.54) is 6.92 Å². The molecule has 0 radical (unpaired) electrons. The van der Waals surface area contributed by atoms with E-state index < -0.39 is 47.0 Å². The molecule has 0 unspecified atom stereocenters. The summed E-state index contributed by atoms with van der Waals surface area (Å²) in [5, 5.41) is 5.06. The lowest BCUT2D eigenvalue weighted by Crippen LogP contribution is -2.47. The molecule has 2 saturated heterocycles. The van der Waals surface area contributed by atoms with Crippen molar-refractivity contribution in [1.82, 2.24) is 25.1 Å². The normalized spacial score (nSPS) is 20.2. The van der Waals surface area contributed by atoms with Gasteiger partial charge in [-0.1, -0.05) is 0 Å². The molecule has 38 heavy (non-hydrogen) atoms. The van der Waals surface area contributed by atoms with Gasteiger partial charge in [0.15, 0.2) is 11.3 Å². The number of carbonyl (C=O) groups excluding carboxylic acids is 1. The minimum Gasteiger partial charge on any atom is -0.486 e. The number of nitrogens with one attached hydrogen (secondary N) is 1. The molecule has 4 heterocycles. The van der Waals surface area contributed by atoms with Crippen LogP contribution in [0.15, 0.2) is 23.4 Å². The molecule has 4 rings (SSSR count). The summed E-state index contributed by atoms with van der Waals surface area (Å²) in [5.74, 6) is -0.806. The smallest absolute Gasteiger partial charge is 0.425 e. The van der Waals surface area contributed by atoms with Gasteiger partial charge in [0.2, 0.25) is 5.95 Å². The largest absolute Gasteiger partial charge is 0.486 e. The van der Waals surface area contributed by atoms with Crippen molar-refractivity contribution in [1.29, 1.82) is 0 Å².